The molecule has 0 fully saturated rings. The number of esters is 1. The Labute approximate surface area is 271 Å². The average molecular weight is 601 g/mol. The van der Waals surface area contributed by atoms with Gasteiger partial charge in [-0.15, -0.1) is 0 Å². The molecule has 0 saturated carbocycles. The van der Waals surface area contributed by atoms with Crippen LogP contribution in [0.2, 0.25) is 0 Å². The summed E-state index contributed by atoms with van der Waals surface area (Å²) in [5, 5.41) is 0. The predicted molar refractivity (Wildman–Crippen MR) is 190 cm³/mol. The molecule has 0 aromatic heterocycles. The quantitative estimate of drug-likeness (QED) is 0.109. The second kappa shape index (κ2) is 14.3. The van der Waals surface area contributed by atoms with Gasteiger partial charge in [0.2, 0.25) is 0 Å². The molecule has 0 aliphatic rings. The highest BCUT2D eigenvalue weighted by Crippen LogP contribution is 2.38. The van der Waals surface area contributed by atoms with Gasteiger partial charge in [0, 0.05) is 45.6 Å². The molecule has 226 valence electrons. The third-order valence-corrected chi connectivity index (χ3v) is 7.89. The average Bonchev–Trinajstić information content (AvgIpc) is 3.11. The van der Waals surface area contributed by atoms with E-state index in [4.69, 9.17) is 4.74 Å². The maximum absolute atomic E-state index is 12.5. The van der Waals surface area contributed by atoms with Crippen LogP contribution >= 0.6 is 0 Å². The minimum absolute atomic E-state index is 0.171. The van der Waals surface area contributed by atoms with E-state index in [1.165, 1.54) is 0 Å². The smallest absolute Gasteiger partial charge is 0.333 e. The monoisotopic (exact) mass is 600 g/mol. The molecule has 6 aromatic rings. The zero-order valence-corrected chi connectivity index (χ0v) is 25.9. The molecular formula is C42H36N2O2. The number of hydrogen-bond donors (Lipinski definition) is 0. The highest BCUT2D eigenvalue weighted by Gasteiger charge is 2.20. The Bertz CT molecular complexity index is 1650. The number of hydrogen-bond acceptors (Lipinski definition) is 4. The maximum atomic E-state index is 12.5. The van der Waals surface area contributed by atoms with Crippen molar-refractivity contribution in [3.63, 3.8) is 0 Å². The number of ether oxygens (including phenoxy) is 1. The number of nitrogens with zero attached hydrogens (tertiary/aromatic N) is 2. The second-order valence-corrected chi connectivity index (χ2v) is 11.1. The molecule has 0 aliphatic carbocycles. The number of carbonyl (C=O) groups is 1. The Morgan fingerprint density at radius 1 is 0.500 bits per heavy atom. The summed E-state index contributed by atoms with van der Waals surface area (Å²) < 4.78 is 5.75. The van der Waals surface area contributed by atoms with Crippen molar-refractivity contribution >= 4 is 40.1 Å². The molecule has 4 nitrogen and oxygen atoms in total. The Hall–Kier alpha value is -5.87. The number of rotatable bonds is 11. The molecule has 0 atom stereocenters. The summed E-state index contributed by atoms with van der Waals surface area (Å²) in [6.07, 6.45) is 0. The molecule has 4 heteroatoms. The van der Waals surface area contributed by atoms with E-state index in [0.29, 0.717) is 5.57 Å². The molecule has 0 aliphatic heterocycles. The lowest BCUT2D eigenvalue weighted by Gasteiger charge is -2.27. The van der Waals surface area contributed by atoms with Crippen molar-refractivity contribution in [3.8, 4) is 0 Å². The van der Waals surface area contributed by atoms with Gasteiger partial charge in [-0.1, -0.05) is 104 Å². The number of carbonyl (C=O) groups excluding carboxylic acids is 1. The first kappa shape index (κ1) is 30.2. The fraction of sp³-hybridized carbons (Fsp3) is 0.0714. The minimum Gasteiger partial charge on any atom is -0.461 e. The Morgan fingerprint density at radius 3 is 1.07 bits per heavy atom. The van der Waals surface area contributed by atoms with Crippen molar-refractivity contribution < 1.29 is 9.53 Å². The SMILES string of the molecule is C=C(C)C(=O)OCC(c1ccc(N(c2ccccc2)c2ccccc2)cc1)c1ccc(N(c2ccccc2)c2ccccc2)cc1. The second-order valence-electron chi connectivity index (χ2n) is 11.1. The van der Waals surface area contributed by atoms with Gasteiger partial charge in [-0.3, -0.25) is 0 Å². The fourth-order valence-electron chi connectivity index (χ4n) is 5.58. The van der Waals surface area contributed by atoms with Gasteiger partial charge < -0.3 is 14.5 Å². The van der Waals surface area contributed by atoms with Crippen molar-refractivity contribution in [1.82, 2.24) is 0 Å². The van der Waals surface area contributed by atoms with Crippen molar-refractivity contribution in [2.75, 3.05) is 16.4 Å². The lowest BCUT2D eigenvalue weighted by Crippen LogP contribution is -2.15. The zero-order valence-electron chi connectivity index (χ0n) is 25.9. The normalized spacial score (nSPS) is 10.7. The Balaban J connectivity index is 1.35. The van der Waals surface area contributed by atoms with Crippen LogP contribution in [0.5, 0.6) is 0 Å². The van der Waals surface area contributed by atoms with Gasteiger partial charge in [-0.2, -0.15) is 0 Å². The summed E-state index contributed by atoms with van der Waals surface area (Å²) in [7, 11) is 0. The molecule has 0 N–H and O–H groups in total. The van der Waals surface area contributed by atoms with Crippen molar-refractivity contribution in [3.05, 3.63) is 193 Å². The first-order chi connectivity index (χ1) is 22.6. The van der Waals surface area contributed by atoms with E-state index in [-0.39, 0.29) is 12.5 Å². The van der Waals surface area contributed by atoms with E-state index in [1.807, 2.05) is 72.8 Å². The molecule has 0 unspecified atom stereocenters. The first-order valence-corrected chi connectivity index (χ1v) is 15.4. The van der Waals surface area contributed by atoms with Crippen LogP contribution in [-0.2, 0) is 9.53 Å². The molecule has 6 aromatic carbocycles. The number of anilines is 6. The van der Waals surface area contributed by atoms with Gasteiger partial charge in [0.1, 0.15) is 6.61 Å². The van der Waals surface area contributed by atoms with Crippen LogP contribution in [0.1, 0.15) is 24.0 Å². The molecule has 0 saturated heterocycles. The zero-order chi connectivity index (χ0) is 31.7. The topological polar surface area (TPSA) is 32.8 Å². The van der Waals surface area contributed by atoms with E-state index >= 15 is 0 Å². The molecule has 46 heavy (non-hydrogen) atoms. The molecule has 0 radical (unpaired) electrons. The molecule has 0 amide bonds. The summed E-state index contributed by atoms with van der Waals surface area (Å²) in [5.74, 6) is -0.563. The highest BCUT2D eigenvalue weighted by atomic mass is 16.5. The van der Waals surface area contributed by atoms with Crippen LogP contribution in [0.4, 0.5) is 34.1 Å². The van der Waals surface area contributed by atoms with Crippen molar-refractivity contribution in [2.45, 2.75) is 12.8 Å². The largest absolute Gasteiger partial charge is 0.461 e. The molecule has 0 heterocycles. The van der Waals surface area contributed by atoms with Crippen LogP contribution in [0.3, 0.4) is 0 Å². The van der Waals surface area contributed by atoms with Gasteiger partial charge in [-0.05, 0) is 90.8 Å². The van der Waals surface area contributed by atoms with E-state index in [9.17, 15) is 4.79 Å². The van der Waals surface area contributed by atoms with Gasteiger partial charge in [0.15, 0.2) is 0 Å². The predicted octanol–water partition coefficient (Wildman–Crippen LogP) is 10.9. The molecule has 6 rings (SSSR count). The van der Waals surface area contributed by atoms with Gasteiger partial charge in [0.25, 0.3) is 0 Å². The fourth-order valence-corrected chi connectivity index (χ4v) is 5.58. The third-order valence-electron chi connectivity index (χ3n) is 7.89. The summed E-state index contributed by atoms with van der Waals surface area (Å²) in [6, 6.07) is 58.4. The summed E-state index contributed by atoms with van der Waals surface area (Å²) in [5.41, 5.74) is 8.86. The summed E-state index contributed by atoms with van der Waals surface area (Å²) in [4.78, 5) is 17.0. The highest BCUT2D eigenvalue weighted by molar-refractivity contribution is 5.87. The standard InChI is InChI=1S/C42H36N2O2/c1-32(2)42(45)46-31-41(33-23-27-39(28-24-33)43(35-15-7-3-8-16-35)36-17-9-4-10-18-36)34-25-29-40(30-26-34)44(37-19-11-5-12-20-37)38-21-13-6-14-22-38/h3-30,41H,1,31H2,2H3. The lowest BCUT2D eigenvalue weighted by atomic mass is 9.91. The van der Waals surface area contributed by atoms with Gasteiger partial charge in [0.05, 0.1) is 0 Å². The van der Waals surface area contributed by atoms with E-state index in [0.717, 1.165) is 45.3 Å². The maximum Gasteiger partial charge on any atom is 0.333 e. The van der Waals surface area contributed by atoms with Crippen LogP contribution in [0, 0.1) is 0 Å². The third kappa shape index (κ3) is 6.92. The van der Waals surface area contributed by atoms with Gasteiger partial charge in [-0.25, -0.2) is 4.79 Å². The summed E-state index contributed by atoms with van der Waals surface area (Å²) in [6.45, 7) is 5.64. The van der Waals surface area contributed by atoms with Crippen molar-refractivity contribution in [1.29, 1.82) is 0 Å². The first-order valence-electron chi connectivity index (χ1n) is 15.4. The number of para-hydroxylation sites is 4. The molecule has 0 bridgehead atoms. The van der Waals surface area contributed by atoms with Gasteiger partial charge >= 0.3 is 5.97 Å². The molecule has 0 spiro atoms. The van der Waals surface area contributed by atoms with E-state index < -0.39 is 5.97 Å². The Kier molecular flexibility index (Phi) is 9.36. The van der Waals surface area contributed by atoms with Crippen LogP contribution < -0.4 is 9.80 Å². The van der Waals surface area contributed by atoms with E-state index in [1.54, 1.807) is 6.92 Å². The summed E-state index contributed by atoms with van der Waals surface area (Å²) >= 11 is 0. The van der Waals surface area contributed by atoms with Crippen molar-refractivity contribution in [2.24, 2.45) is 0 Å². The molecular weight excluding hydrogens is 564 g/mol. The van der Waals surface area contributed by atoms with Crippen LogP contribution in [-0.4, -0.2) is 12.6 Å². The number of benzene rings is 6. The van der Waals surface area contributed by atoms with Crippen LogP contribution in [0.25, 0.3) is 0 Å². The Morgan fingerprint density at radius 2 is 0.783 bits per heavy atom. The lowest BCUT2D eigenvalue weighted by molar-refractivity contribution is -0.139. The van der Waals surface area contributed by atoms with E-state index in [2.05, 4.69) is 113 Å². The minimum atomic E-state index is -0.392. The van der Waals surface area contributed by atoms with Crippen LogP contribution in [0.15, 0.2) is 182 Å².